The standard InChI is InChI=1S/C14H19N3O/c18-14(17-10-3-1-2-4-10)13-9-12(7-8-15-13)16-11-5-6-11/h7-11H,1-6H2,(H,15,16)(H,17,18). The maximum Gasteiger partial charge on any atom is 0.270 e. The van der Waals surface area contributed by atoms with Crippen LogP contribution in [0.2, 0.25) is 0 Å². The molecule has 2 N–H and O–H groups in total. The van der Waals surface area contributed by atoms with E-state index in [-0.39, 0.29) is 5.91 Å². The van der Waals surface area contributed by atoms with Crippen molar-refractivity contribution >= 4 is 11.6 Å². The normalized spacial score (nSPS) is 19.8. The zero-order chi connectivity index (χ0) is 12.4. The fraction of sp³-hybridized carbons (Fsp3) is 0.571. The topological polar surface area (TPSA) is 54.0 Å². The number of anilines is 1. The van der Waals surface area contributed by atoms with E-state index in [4.69, 9.17) is 0 Å². The van der Waals surface area contributed by atoms with Crippen LogP contribution in [0, 0.1) is 0 Å². The predicted molar refractivity (Wildman–Crippen MR) is 70.6 cm³/mol. The van der Waals surface area contributed by atoms with E-state index in [9.17, 15) is 4.79 Å². The molecule has 4 nitrogen and oxygen atoms in total. The van der Waals surface area contributed by atoms with Crippen LogP contribution in [0.15, 0.2) is 18.3 Å². The molecule has 18 heavy (non-hydrogen) atoms. The molecular formula is C14H19N3O. The third-order valence-electron chi connectivity index (χ3n) is 3.63. The lowest BCUT2D eigenvalue weighted by atomic mass is 10.2. The summed E-state index contributed by atoms with van der Waals surface area (Å²) >= 11 is 0. The Labute approximate surface area is 107 Å². The number of hydrogen-bond acceptors (Lipinski definition) is 3. The van der Waals surface area contributed by atoms with Gasteiger partial charge in [-0.25, -0.2) is 0 Å². The van der Waals surface area contributed by atoms with Gasteiger partial charge in [0.05, 0.1) is 0 Å². The molecule has 1 aromatic heterocycles. The van der Waals surface area contributed by atoms with Gasteiger partial charge in [0.1, 0.15) is 5.69 Å². The van der Waals surface area contributed by atoms with Gasteiger partial charge in [0.15, 0.2) is 0 Å². The number of carbonyl (C=O) groups excluding carboxylic acids is 1. The van der Waals surface area contributed by atoms with Crippen LogP contribution in [0.25, 0.3) is 0 Å². The highest BCUT2D eigenvalue weighted by Gasteiger charge is 2.22. The van der Waals surface area contributed by atoms with Crippen molar-refractivity contribution in [2.45, 2.75) is 50.6 Å². The molecule has 2 aliphatic rings. The second kappa shape index (κ2) is 4.96. The Morgan fingerprint density at radius 2 is 1.94 bits per heavy atom. The van der Waals surface area contributed by atoms with Crippen LogP contribution in [-0.2, 0) is 0 Å². The van der Waals surface area contributed by atoms with E-state index in [0.717, 1.165) is 18.5 Å². The lowest BCUT2D eigenvalue weighted by Crippen LogP contribution is -2.33. The molecule has 96 valence electrons. The number of amides is 1. The van der Waals surface area contributed by atoms with Crippen molar-refractivity contribution < 1.29 is 4.79 Å². The van der Waals surface area contributed by atoms with Gasteiger partial charge in [-0.1, -0.05) is 12.8 Å². The summed E-state index contributed by atoms with van der Waals surface area (Å²) in [5.74, 6) is -0.0404. The largest absolute Gasteiger partial charge is 0.382 e. The summed E-state index contributed by atoms with van der Waals surface area (Å²) in [5, 5.41) is 6.45. The van der Waals surface area contributed by atoms with E-state index in [0.29, 0.717) is 17.8 Å². The first-order valence-electron chi connectivity index (χ1n) is 6.85. The third kappa shape index (κ3) is 2.81. The fourth-order valence-electron chi connectivity index (χ4n) is 2.44. The second-order valence-electron chi connectivity index (χ2n) is 5.30. The van der Waals surface area contributed by atoms with Gasteiger partial charge in [0.25, 0.3) is 5.91 Å². The Morgan fingerprint density at radius 3 is 2.67 bits per heavy atom. The van der Waals surface area contributed by atoms with E-state index >= 15 is 0 Å². The van der Waals surface area contributed by atoms with Crippen LogP contribution in [0.5, 0.6) is 0 Å². The highest BCUT2D eigenvalue weighted by atomic mass is 16.1. The van der Waals surface area contributed by atoms with Gasteiger partial charge in [-0.2, -0.15) is 0 Å². The SMILES string of the molecule is O=C(NC1CCCC1)c1cc(NC2CC2)ccn1. The number of pyridine rings is 1. The van der Waals surface area contributed by atoms with Crippen molar-refractivity contribution in [1.82, 2.24) is 10.3 Å². The van der Waals surface area contributed by atoms with Crippen molar-refractivity contribution in [3.05, 3.63) is 24.0 Å². The Hall–Kier alpha value is -1.58. The molecule has 0 atom stereocenters. The Bertz CT molecular complexity index is 436. The van der Waals surface area contributed by atoms with E-state index in [1.807, 2.05) is 12.1 Å². The summed E-state index contributed by atoms with van der Waals surface area (Å²) in [5.41, 5.74) is 1.52. The molecular weight excluding hydrogens is 226 g/mol. The lowest BCUT2D eigenvalue weighted by molar-refractivity contribution is 0.0933. The molecule has 0 spiro atoms. The molecule has 0 radical (unpaired) electrons. The van der Waals surface area contributed by atoms with Gasteiger partial charge in [0, 0.05) is 24.0 Å². The third-order valence-corrected chi connectivity index (χ3v) is 3.63. The van der Waals surface area contributed by atoms with Crippen molar-refractivity contribution in [2.24, 2.45) is 0 Å². The molecule has 1 amide bonds. The van der Waals surface area contributed by atoms with Crippen LogP contribution < -0.4 is 10.6 Å². The van der Waals surface area contributed by atoms with Crippen molar-refractivity contribution in [3.8, 4) is 0 Å². The summed E-state index contributed by atoms with van der Waals surface area (Å²) in [7, 11) is 0. The van der Waals surface area contributed by atoms with E-state index in [1.54, 1.807) is 6.20 Å². The van der Waals surface area contributed by atoms with Gasteiger partial charge < -0.3 is 10.6 Å². The zero-order valence-corrected chi connectivity index (χ0v) is 10.5. The van der Waals surface area contributed by atoms with Crippen molar-refractivity contribution in [2.75, 3.05) is 5.32 Å². The average Bonchev–Trinajstić information content (AvgIpc) is 3.04. The van der Waals surface area contributed by atoms with Gasteiger partial charge >= 0.3 is 0 Å². The van der Waals surface area contributed by atoms with Gasteiger partial charge in [-0.15, -0.1) is 0 Å². The number of hydrogen-bond donors (Lipinski definition) is 2. The van der Waals surface area contributed by atoms with E-state index in [2.05, 4.69) is 15.6 Å². The molecule has 3 rings (SSSR count). The molecule has 0 aliphatic heterocycles. The van der Waals surface area contributed by atoms with Crippen LogP contribution in [0.1, 0.15) is 49.0 Å². The van der Waals surface area contributed by atoms with Gasteiger partial charge in [-0.3, -0.25) is 9.78 Å². The first kappa shape index (κ1) is 11.5. The quantitative estimate of drug-likeness (QED) is 0.856. The van der Waals surface area contributed by atoms with Crippen molar-refractivity contribution in [1.29, 1.82) is 0 Å². The molecule has 0 unspecified atom stereocenters. The summed E-state index contributed by atoms with van der Waals surface area (Å²) in [4.78, 5) is 16.2. The van der Waals surface area contributed by atoms with Crippen LogP contribution >= 0.6 is 0 Å². The number of carbonyl (C=O) groups is 1. The van der Waals surface area contributed by atoms with E-state index < -0.39 is 0 Å². The molecule has 0 saturated heterocycles. The number of nitrogens with zero attached hydrogens (tertiary/aromatic N) is 1. The Kier molecular flexibility index (Phi) is 3.17. The molecule has 4 heteroatoms. The molecule has 2 fully saturated rings. The van der Waals surface area contributed by atoms with Crippen LogP contribution in [-0.4, -0.2) is 23.0 Å². The van der Waals surface area contributed by atoms with Gasteiger partial charge in [-0.05, 0) is 37.8 Å². The molecule has 1 heterocycles. The Morgan fingerprint density at radius 1 is 1.17 bits per heavy atom. The number of nitrogens with one attached hydrogen (secondary N) is 2. The molecule has 0 aromatic carbocycles. The highest BCUT2D eigenvalue weighted by Crippen LogP contribution is 2.24. The minimum Gasteiger partial charge on any atom is -0.382 e. The summed E-state index contributed by atoms with van der Waals surface area (Å²) < 4.78 is 0. The monoisotopic (exact) mass is 245 g/mol. The summed E-state index contributed by atoms with van der Waals surface area (Å²) in [6, 6.07) is 4.71. The maximum atomic E-state index is 12.1. The first-order chi connectivity index (χ1) is 8.81. The highest BCUT2D eigenvalue weighted by molar-refractivity contribution is 5.93. The van der Waals surface area contributed by atoms with Crippen molar-refractivity contribution in [3.63, 3.8) is 0 Å². The molecule has 2 saturated carbocycles. The minimum absolute atomic E-state index is 0.0404. The average molecular weight is 245 g/mol. The molecule has 2 aliphatic carbocycles. The van der Waals surface area contributed by atoms with Gasteiger partial charge in [0.2, 0.25) is 0 Å². The maximum absolute atomic E-state index is 12.1. The van der Waals surface area contributed by atoms with E-state index in [1.165, 1.54) is 25.7 Å². The predicted octanol–water partition coefficient (Wildman–Crippen LogP) is 2.33. The molecule has 0 bridgehead atoms. The summed E-state index contributed by atoms with van der Waals surface area (Å²) in [6.07, 6.45) is 8.81. The Balaban J connectivity index is 1.64. The summed E-state index contributed by atoms with van der Waals surface area (Å²) in [6.45, 7) is 0. The fourth-order valence-corrected chi connectivity index (χ4v) is 2.44. The molecule has 1 aromatic rings. The smallest absolute Gasteiger partial charge is 0.270 e. The lowest BCUT2D eigenvalue weighted by Gasteiger charge is -2.12. The zero-order valence-electron chi connectivity index (χ0n) is 10.5. The van der Waals surface area contributed by atoms with Crippen LogP contribution in [0.4, 0.5) is 5.69 Å². The second-order valence-corrected chi connectivity index (χ2v) is 5.30. The minimum atomic E-state index is -0.0404. The van der Waals surface area contributed by atoms with Crippen LogP contribution in [0.3, 0.4) is 0 Å². The number of rotatable bonds is 4. The first-order valence-corrected chi connectivity index (χ1v) is 6.85. The number of aromatic nitrogens is 1.